The van der Waals surface area contributed by atoms with E-state index in [0.29, 0.717) is 11.3 Å². The molecule has 23 heavy (non-hydrogen) atoms. The summed E-state index contributed by atoms with van der Waals surface area (Å²) in [6.45, 7) is 0. The number of fused-ring (bicyclic) bond motifs is 1. The highest BCUT2D eigenvalue weighted by molar-refractivity contribution is 6.52. The number of para-hydroxylation sites is 2. The minimum Gasteiger partial charge on any atom is -0.350 e. The summed E-state index contributed by atoms with van der Waals surface area (Å²) >= 11 is 0. The van der Waals surface area contributed by atoms with Crippen molar-refractivity contribution in [1.82, 2.24) is 4.57 Å². The minimum absolute atomic E-state index is 0.176. The SMILES string of the molecule is Cn1cc(C(=O)/C(C#N)=N/Nc2ccccc2)c2ccccc21. The van der Waals surface area contributed by atoms with Crippen molar-refractivity contribution in [2.24, 2.45) is 12.1 Å². The second-order valence-corrected chi connectivity index (χ2v) is 5.05. The highest BCUT2D eigenvalue weighted by Crippen LogP contribution is 2.21. The molecule has 112 valence electrons. The zero-order valence-electron chi connectivity index (χ0n) is 12.5. The van der Waals surface area contributed by atoms with Crippen molar-refractivity contribution in [3.8, 4) is 6.07 Å². The summed E-state index contributed by atoms with van der Waals surface area (Å²) in [6, 6.07) is 18.6. The molecular formula is C18H14N4O. The van der Waals surface area contributed by atoms with Gasteiger partial charge in [-0.3, -0.25) is 10.2 Å². The molecule has 0 unspecified atom stereocenters. The number of nitrogens with zero attached hydrogens (tertiary/aromatic N) is 3. The lowest BCUT2D eigenvalue weighted by Crippen LogP contribution is -2.14. The van der Waals surface area contributed by atoms with Crippen molar-refractivity contribution in [2.75, 3.05) is 5.43 Å². The molecule has 0 aliphatic heterocycles. The van der Waals surface area contributed by atoms with Crippen LogP contribution in [-0.4, -0.2) is 16.1 Å². The third kappa shape index (κ3) is 2.83. The maximum Gasteiger partial charge on any atom is 0.226 e. The zero-order valence-corrected chi connectivity index (χ0v) is 12.5. The maximum atomic E-state index is 12.6. The third-order valence-corrected chi connectivity index (χ3v) is 3.53. The average molecular weight is 302 g/mol. The van der Waals surface area contributed by atoms with Crippen molar-refractivity contribution in [3.63, 3.8) is 0 Å². The number of aromatic nitrogens is 1. The van der Waals surface area contributed by atoms with Gasteiger partial charge in [0.2, 0.25) is 11.5 Å². The first kappa shape index (κ1) is 14.5. The van der Waals surface area contributed by atoms with Gasteiger partial charge in [-0.1, -0.05) is 36.4 Å². The lowest BCUT2D eigenvalue weighted by atomic mass is 10.1. The number of Topliss-reactive ketones (excluding diaryl/α,β-unsaturated/α-hetero) is 1. The Morgan fingerprint density at radius 2 is 1.83 bits per heavy atom. The van der Waals surface area contributed by atoms with E-state index in [9.17, 15) is 10.1 Å². The van der Waals surface area contributed by atoms with Gasteiger partial charge in [0, 0.05) is 24.1 Å². The van der Waals surface area contributed by atoms with Crippen LogP contribution in [0, 0.1) is 11.3 Å². The number of nitriles is 1. The van der Waals surface area contributed by atoms with Gasteiger partial charge in [0.05, 0.1) is 11.3 Å². The number of ketones is 1. The van der Waals surface area contributed by atoms with Crippen LogP contribution >= 0.6 is 0 Å². The van der Waals surface area contributed by atoms with Gasteiger partial charge >= 0.3 is 0 Å². The first-order chi connectivity index (χ1) is 11.2. The molecule has 2 aromatic carbocycles. The Kier molecular flexibility index (Phi) is 3.89. The molecule has 1 heterocycles. The number of carbonyl (C=O) groups excluding carboxylic acids is 1. The Bertz CT molecular complexity index is 933. The molecule has 5 heteroatoms. The molecule has 0 saturated heterocycles. The predicted molar refractivity (Wildman–Crippen MR) is 90.4 cm³/mol. The van der Waals surface area contributed by atoms with Crippen molar-refractivity contribution in [1.29, 1.82) is 5.26 Å². The van der Waals surface area contributed by atoms with E-state index in [1.807, 2.05) is 60.1 Å². The molecule has 0 radical (unpaired) electrons. The lowest BCUT2D eigenvalue weighted by Gasteiger charge is -2.00. The molecule has 3 rings (SSSR count). The fourth-order valence-electron chi connectivity index (χ4n) is 2.41. The Balaban J connectivity index is 1.95. The average Bonchev–Trinajstić information content (AvgIpc) is 2.93. The van der Waals surface area contributed by atoms with Gasteiger partial charge in [0.25, 0.3) is 0 Å². The highest BCUT2D eigenvalue weighted by Gasteiger charge is 2.19. The minimum atomic E-state index is -0.396. The third-order valence-electron chi connectivity index (χ3n) is 3.53. The second-order valence-electron chi connectivity index (χ2n) is 5.05. The summed E-state index contributed by atoms with van der Waals surface area (Å²) in [5, 5.41) is 14.0. The molecule has 0 aliphatic rings. The van der Waals surface area contributed by atoms with Gasteiger partial charge in [0.1, 0.15) is 6.07 Å². The van der Waals surface area contributed by atoms with Crippen LogP contribution in [0.3, 0.4) is 0 Å². The number of aryl methyl sites for hydroxylation is 1. The van der Waals surface area contributed by atoms with Crippen molar-refractivity contribution < 1.29 is 4.79 Å². The van der Waals surface area contributed by atoms with E-state index in [-0.39, 0.29) is 5.71 Å². The number of hydrazone groups is 1. The lowest BCUT2D eigenvalue weighted by molar-refractivity contribution is 0.106. The van der Waals surface area contributed by atoms with E-state index in [0.717, 1.165) is 10.9 Å². The van der Waals surface area contributed by atoms with E-state index < -0.39 is 5.78 Å². The number of hydrogen-bond acceptors (Lipinski definition) is 4. The standard InChI is InChI=1S/C18H14N4O/c1-22-12-15(14-9-5-6-10-17(14)22)18(23)16(11-19)21-20-13-7-3-2-4-8-13/h2-10,12,20H,1H3/b21-16+. The topological polar surface area (TPSA) is 70.2 Å². The van der Waals surface area contributed by atoms with Crippen molar-refractivity contribution >= 4 is 28.1 Å². The Morgan fingerprint density at radius 3 is 2.57 bits per heavy atom. The van der Waals surface area contributed by atoms with Gasteiger partial charge < -0.3 is 4.57 Å². The summed E-state index contributed by atoms with van der Waals surface area (Å²) in [7, 11) is 1.87. The number of nitrogens with one attached hydrogen (secondary N) is 1. The molecule has 0 atom stereocenters. The highest BCUT2D eigenvalue weighted by atomic mass is 16.1. The van der Waals surface area contributed by atoms with Gasteiger partial charge in [-0.25, -0.2) is 0 Å². The van der Waals surface area contributed by atoms with E-state index in [2.05, 4.69) is 10.5 Å². The fraction of sp³-hybridized carbons (Fsp3) is 0.0556. The number of carbonyl (C=O) groups is 1. The first-order valence-corrected chi connectivity index (χ1v) is 7.08. The van der Waals surface area contributed by atoms with Crippen LogP contribution in [0.1, 0.15) is 10.4 Å². The fourth-order valence-corrected chi connectivity index (χ4v) is 2.41. The van der Waals surface area contributed by atoms with E-state index >= 15 is 0 Å². The van der Waals surface area contributed by atoms with Crippen LogP contribution in [0.4, 0.5) is 5.69 Å². The summed E-state index contributed by atoms with van der Waals surface area (Å²) in [4.78, 5) is 12.6. The maximum absolute atomic E-state index is 12.6. The molecule has 1 N–H and O–H groups in total. The molecule has 3 aromatic rings. The molecule has 0 saturated carbocycles. The van der Waals surface area contributed by atoms with Gasteiger partial charge in [-0.05, 0) is 18.2 Å². The second kappa shape index (κ2) is 6.16. The van der Waals surface area contributed by atoms with Crippen LogP contribution in [0.15, 0.2) is 65.9 Å². The predicted octanol–water partition coefficient (Wildman–Crippen LogP) is 3.35. The van der Waals surface area contributed by atoms with E-state index in [1.54, 1.807) is 18.3 Å². The van der Waals surface area contributed by atoms with Crippen LogP contribution < -0.4 is 5.43 Å². The Hall–Kier alpha value is -3.39. The van der Waals surface area contributed by atoms with Crippen LogP contribution in [0.2, 0.25) is 0 Å². The van der Waals surface area contributed by atoms with Crippen molar-refractivity contribution in [3.05, 3.63) is 66.4 Å². The van der Waals surface area contributed by atoms with Crippen LogP contribution in [-0.2, 0) is 7.05 Å². The smallest absolute Gasteiger partial charge is 0.226 e. The summed E-state index contributed by atoms with van der Waals surface area (Å²) < 4.78 is 1.86. The van der Waals surface area contributed by atoms with E-state index in [1.165, 1.54) is 0 Å². The van der Waals surface area contributed by atoms with E-state index in [4.69, 9.17) is 0 Å². The van der Waals surface area contributed by atoms with Crippen molar-refractivity contribution in [2.45, 2.75) is 0 Å². The largest absolute Gasteiger partial charge is 0.350 e. The molecule has 0 aliphatic carbocycles. The summed E-state index contributed by atoms with van der Waals surface area (Å²) in [5.74, 6) is -0.396. The van der Waals surface area contributed by atoms with Gasteiger partial charge in [-0.2, -0.15) is 10.4 Å². The zero-order chi connectivity index (χ0) is 16.2. The van der Waals surface area contributed by atoms with Crippen LogP contribution in [0.5, 0.6) is 0 Å². The first-order valence-electron chi connectivity index (χ1n) is 7.08. The molecule has 0 amide bonds. The van der Waals surface area contributed by atoms with Gasteiger partial charge in [0.15, 0.2) is 0 Å². The Labute approximate surface area is 133 Å². The molecule has 0 bridgehead atoms. The number of hydrogen-bond donors (Lipinski definition) is 1. The number of anilines is 1. The summed E-state index contributed by atoms with van der Waals surface area (Å²) in [5.41, 5.74) is 4.68. The molecular weight excluding hydrogens is 288 g/mol. The molecule has 0 fully saturated rings. The molecule has 0 spiro atoms. The Morgan fingerprint density at radius 1 is 1.13 bits per heavy atom. The molecule has 5 nitrogen and oxygen atoms in total. The van der Waals surface area contributed by atoms with Gasteiger partial charge in [-0.15, -0.1) is 0 Å². The van der Waals surface area contributed by atoms with Crippen LogP contribution in [0.25, 0.3) is 10.9 Å². The quantitative estimate of drug-likeness (QED) is 0.456. The number of rotatable bonds is 4. The summed E-state index contributed by atoms with van der Waals surface area (Å²) in [6.07, 6.45) is 1.72. The monoisotopic (exact) mass is 302 g/mol. The molecule has 1 aromatic heterocycles. The normalized spacial score (nSPS) is 11.2. The number of benzene rings is 2.